The molecule has 0 atom stereocenters. The Kier molecular flexibility index (Phi) is 8.57. The highest BCUT2D eigenvalue weighted by atomic mass is 35.5. The van der Waals surface area contributed by atoms with E-state index < -0.39 is 5.82 Å². The third-order valence-corrected chi connectivity index (χ3v) is 4.89. The number of benzene rings is 2. The Bertz CT molecular complexity index is 784. The zero-order valence-corrected chi connectivity index (χ0v) is 16.3. The van der Waals surface area contributed by atoms with Crippen molar-refractivity contribution in [2.24, 2.45) is 0 Å². The van der Waals surface area contributed by atoms with Gasteiger partial charge in [0.2, 0.25) is 5.91 Å². The molecule has 2 amide bonds. The van der Waals surface area contributed by atoms with Crippen molar-refractivity contribution in [3.63, 3.8) is 0 Å². The third kappa shape index (κ3) is 6.53. The SMILES string of the molecule is COCCNC(=O)c1ccccc1NC(=O)CSCc1c(F)cccc1Cl. The Labute approximate surface area is 166 Å². The van der Waals surface area contributed by atoms with E-state index in [0.717, 1.165) is 0 Å². The van der Waals surface area contributed by atoms with Gasteiger partial charge in [-0.05, 0) is 24.3 Å². The normalized spacial score (nSPS) is 10.5. The monoisotopic (exact) mass is 410 g/mol. The summed E-state index contributed by atoms with van der Waals surface area (Å²) < 4.78 is 18.6. The van der Waals surface area contributed by atoms with E-state index in [-0.39, 0.29) is 23.3 Å². The lowest BCUT2D eigenvalue weighted by molar-refractivity contribution is -0.113. The summed E-state index contributed by atoms with van der Waals surface area (Å²) in [5.41, 5.74) is 1.15. The largest absolute Gasteiger partial charge is 0.383 e. The van der Waals surface area contributed by atoms with Gasteiger partial charge < -0.3 is 15.4 Å². The molecule has 8 heteroatoms. The van der Waals surface area contributed by atoms with Crippen molar-refractivity contribution in [2.75, 3.05) is 31.3 Å². The summed E-state index contributed by atoms with van der Waals surface area (Å²) in [6.45, 7) is 0.770. The van der Waals surface area contributed by atoms with Gasteiger partial charge in [-0.1, -0.05) is 29.8 Å². The van der Waals surface area contributed by atoms with Crippen LogP contribution in [0.1, 0.15) is 15.9 Å². The van der Waals surface area contributed by atoms with E-state index in [2.05, 4.69) is 10.6 Å². The van der Waals surface area contributed by atoms with Gasteiger partial charge in [-0.3, -0.25) is 9.59 Å². The average Bonchev–Trinajstić information content (AvgIpc) is 2.64. The Balaban J connectivity index is 1.91. The van der Waals surface area contributed by atoms with E-state index in [0.29, 0.717) is 35.0 Å². The molecule has 5 nitrogen and oxygen atoms in total. The molecule has 0 bridgehead atoms. The quantitative estimate of drug-likeness (QED) is 0.618. The van der Waals surface area contributed by atoms with Gasteiger partial charge in [-0.15, -0.1) is 11.8 Å². The van der Waals surface area contributed by atoms with Crippen molar-refractivity contribution in [1.82, 2.24) is 5.32 Å². The van der Waals surface area contributed by atoms with Crippen LogP contribution in [0.15, 0.2) is 42.5 Å². The van der Waals surface area contributed by atoms with Gasteiger partial charge in [0, 0.05) is 30.0 Å². The van der Waals surface area contributed by atoms with Crippen LogP contribution < -0.4 is 10.6 Å². The molecule has 2 aromatic rings. The molecule has 0 aliphatic rings. The molecule has 0 saturated carbocycles. The number of rotatable bonds is 9. The maximum atomic E-state index is 13.7. The van der Waals surface area contributed by atoms with Gasteiger partial charge in [0.05, 0.1) is 23.6 Å². The lowest BCUT2D eigenvalue weighted by Gasteiger charge is -2.11. The van der Waals surface area contributed by atoms with E-state index in [1.165, 1.54) is 23.9 Å². The number of anilines is 1. The zero-order chi connectivity index (χ0) is 19.6. The number of amides is 2. The van der Waals surface area contributed by atoms with Crippen molar-refractivity contribution in [1.29, 1.82) is 0 Å². The van der Waals surface area contributed by atoms with Crippen molar-refractivity contribution in [2.45, 2.75) is 5.75 Å². The molecule has 0 aliphatic heterocycles. The molecule has 2 aromatic carbocycles. The fraction of sp³-hybridized carbons (Fsp3) is 0.263. The molecular formula is C19H20ClFN2O3S. The highest BCUT2D eigenvalue weighted by Gasteiger charge is 2.13. The smallest absolute Gasteiger partial charge is 0.253 e. The molecule has 0 unspecified atom stereocenters. The fourth-order valence-corrected chi connectivity index (χ4v) is 3.42. The molecule has 0 heterocycles. The first-order valence-corrected chi connectivity index (χ1v) is 9.73. The first-order chi connectivity index (χ1) is 13.0. The maximum Gasteiger partial charge on any atom is 0.253 e. The fourth-order valence-electron chi connectivity index (χ4n) is 2.25. The summed E-state index contributed by atoms with van der Waals surface area (Å²) in [6, 6.07) is 11.2. The van der Waals surface area contributed by atoms with Crippen LogP contribution in [0.2, 0.25) is 5.02 Å². The summed E-state index contributed by atoms with van der Waals surface area (Å²) in [5.74, 6) is -0.602. The summed E-state index contributed by atoms with van der Waals surface area (Å²) in [4.78, 5) is 24.4. The second kappa shape index (κ2) is 10.9. The van der Waals surface area contributed by atoms with Crippen LogP contribution in [-0.2, 0) is 15.3 Å². The molecule has 0 fully saturated rings. The van der Waals surface area contributed by atoms with Crippen LogP contribution in [0.5, 0.6) is 0 Å². The Morgan fingerprint density at radius 1 is 1.19 bits per heavy atom. The number of methoxy groups -OCH3 is 1. The number of ether oxygens (including phenoxy) is 1. The van der Waals surface area contributed by atoms with E-state index in [9.17, 15) is 14.0 Å². The number of hydrogen-bond acceptors (Lipinski definition) is 4. The van der Waals surface area contributed by atoms with Crippen molar-refractivity contribution >= 4 is 40.9 Å². The molecular weight excluding hydrogens is 391 g/mol. The van der Waals surface area contributed by atoms with Gasteiger partial charge in [0.1, 0.15) is 5.82 Å². The Hall–Kier alpha value is -2.09. The lowest BCUT2D eigenvalue weighted by Crippen LogP contribution is -2.28. The Morgan fingerprint density at radius 3 is 2.70 bits per heavy atom. The number of carbonyl (C=O) groups is 2. The van der Waals surface area contributed by atoms with Gasteiger partial charge in [0.15, 0.2) is 0 Å². The summed E-state index contributed by atoms with van der Waals surface area (Å²) >= 11 is 7.21. The molecule has 0 saturated heterocycles. The molecule has 2 N–H and O–H groups in total. The standard InChI is InChI=1S/C19H20ClFN2O3S/c1-26-10-9-22-19(25)13-5-2-3-8-17(13)23-18(24)12-27-11-14-15(20)6-4-7-16(14)21/h2-8H,9-12H2,1H3,(H,22,25)(H,23,24). The van der Waals surface area contributed by atoms with Crippen molar-refractivity contribution < 1.29 is 18.7 Å². The van der Waals surface area contributed by atoms with Crippen LogP contribution in [0.4, 0.5) is 10.1 Å². The predicted octanol–water partition coefficient (Wildman–Crippen LogP) is 3.73. The predicted molar refractivity (Wildman–Crippen MR) is 107 cm³/mol. The highest BCUT2D eigenvalue weighted by Crippen LogP contribution is 2.24. The van der Waals surface area contributed by atoms with E-state index >= 15 is 0 Å². The van der Waals surface area contributed by atoms with E-state index in [1.807, 2.05) is 0 Å². The van der Waals surface area contributed by atoms with E-state index in [1.54, 1.807) is 37.4 Å². The minimum Gasteiger partial charge on any atom is -0.383 e. The molecule has 0 aromatic heterocycles. The average molecular weight is 411 g/mol. The van der Waals surface area contributed by atoms with E-state index in [4.69, 9.17) is 16.3 Å². The van der Waals surface area contributed by atoms with Crippen LogP contribution in [-0.4, -0.2) is 37.8 Å². The summed E-state index contributed by atoms with van der Waals surface area (Å²) in [6.07, 6.45) is 0. The van der Waals surface area contributed by atoms with Gasteiger partial charge >= 0.3 is 0 Å². The molecule has 27 heavy (non-hydrogen) atoms. The van der Waals surface area contributed by atoms with Crippen molar-refractivity contribution in [3.8, 4) is 0 Å². The third-order valence-electron chi connectivity index (χ3n) is 3.58. The molecule has 2 rings (SSSR count). The number of para-hydroxylation sites is 1. The molecule has 144 valence electrons. The van der Waals surface area contributed by atoms with Crippen LogP contribution in [0.25, 0.3) is 0 Å². The number of halogens is 2. The van der Waals surface area contributed by atoms with Crippen LogP contribution in [0, 0.1) is 5.82 Å². The van der Waals surface area contributed by atoms with Gasteiger partial charge in [0.25, 0.3) is 5.91 Å². The molecule has 0 radical (unpaired) electrons. The number of hydrogen-bond donors (Lipinski definition) is 2. The lowest BCUT2D eigenvalue weighted by atomic mass is 10.1. The summed E-state index contributed by atoms with van der Waals surface area (Å²) in [7, 11) is 1.55. The molecule has 0 spiro atoms. The first-order valence-electron chi connectivity index (χ1n) is 8.19. The summed E-state index contributed by atoms with van der Waals surface area (Å²) in [5, 5.41) is 5.77. The molecule has 0 aliphatic carbocycles. The van der Waals surface area contributed by atoms with Crippen molar-refractivity contribution in [3.05, 3.63) is 64.4 Å². The number of nitrogens with one attached hydrogen (secondary N) is 2. The van der Waals surface area contributed by atoms with Gasteiger partial charge in [-0.25, -0.2) is 4.39 Å². The number of thioether (sulfide) groups is 1. The number of carbonyl (C=O) groups excluding carboxylic acids is 2. The second-order valence-corrected chi connectivity index (χ2v) is 6.93. The van der Waals surface area contributed by atoms with Gasteiger partial charge in [-0.2, -0.15) is 0 Å². The second-order valence-electron chi connectivity index (χ2n) is 5.54. The van der Waals surface area contributed by atoms with Crippen LogP contribution >= 0.6 is 23.4 Å². The first kappa shape index (κ1) is 21.2. The van der Waals surface area contributed by atoms with Crippen LogP contribution in [0.3, 0.4) is 0 Å². The topological polar surface area (TPSA) is 67.4 Å². The Morgan fingerprint density at radius 2 is 1.96 bits per heavy atom. The minimum atomic E-state index is -0.395. The minimum absolute atomic E-state index is 0.101. The maximum absolute atomic E-state index is 13.7. The highest BCUT2D eigenvalue weighted by molar-refractivity contribution is 7.99. The zero-order valence-electron chi connectivity index (χ0n) is 14.8.